The molecule has 0 aliphatic heterocycles. The van der Waals surface area contributed by atoms with E-state index in [0.717, 1.165) is 17.9 Å². The zero-order valence-corrected chi connectivity index (χ0v) is 23.1. The summed E-state index contributed by atoms with van der Waals surface area (Å²) in [5, 5.41) is -2.30. The van der Waals surface area contributed by atoms with E-state index in [4.69, 9.17) is 9.05 Å². The van der Waals surface area contributed by atoms with Crippen molar-refractivity contribution >= 4 is 33.2 Å². The molecule has 1 unspecified atom stereocenters. The molecule has 0 heterocycles. The van der Waals surface area contributed by atoms with Crippen LogP contribution >= 0.6 is 7.60 Å². The maximum Gasteiger partial charge on any atom is 0.360 e. The average molecular weight is 556 g/mol. The molecule has 196 valence electrons. The first-order chi connectivity index (χ1) is 16.8. The molecule has 0 aromatic heterocycles. The number of carbonyl (C=O) groups is 1. The molecule has 0 spiro atoms. The number of allylic oxidation sites excluding steroid dienone is 1. The van der Waals surface area contributed by atoms with Gasteiger partial charge in [-0.3, -0.25) is 9.36 Å². The van der Waals surface area contributed by atoms with Crippen LogP contribution in [0.1, 0.15) is 48.2 Å². The van der Waals surface area contributed by atoms with Crippen LogP contribution in [0.15, 0.2) is 64.4 Å². The summed E-state index contributed by atoms with van der Waals surface area (Å²) in [7, 11) is -13.1. The number of sulfone groups is 1. The number of hydrogen-bond acceptors (Lipinski definition) is 8. The van der Waals surface area contributed by atoms with E-state index in [1.165, 1.54) is 36.4 Å². The zero-order chi connectivity index (χ0) is 26.8. The van der Waals surface area contributed by atoms with Gasteiger partial charge in [0.1, 0.15) is 4.91 Å². The summed E-state index contributed by atoms with van der Waals surface area (Å²) in [6.07, 6.45) is 2.58. The number of hydrogen-bond donors (Lipinski definition) is 1. The number of Topliss-reactive ketones (excluding diaryl/α,β-unsaturated/α-hetero) is 1. The summed E-state index contributed by atoms with van der Waals surface area (Å²) in [5.41, 5.74) is 0.669. The lowest BCUT2D eigenvalue weighted by atomic mass is 9.92. The minimum absolute atomic E-state index is 0.0150. The van der Waals surface area contributed by atoms with Crippen LogP contribution in [0, 0.1) is 6.92 Å². The van der Waals surface area contributed by atoms with Crippen molar-refractivity contribution in [2.45, 2.75) is 43.8 Å². The molecule has 3 rings (SSSR count). The number of rotatable bonds is 11. The number of aryl methyl sites for hydroxylation is 1. The third-order valence-electron chi connectivity index (χ3n) is 5.47. The molecule has 0 saturated carbocycles. The van der Waals surface area contributed by atoms with Crippen LogP contribution in [0.3, 0.4) is 0 Å². The minimum atomic E-state index is -4.50. The van der Waals surface area contributed by atoms with Gasteiger partial charge in [-0.2, -0.15) is 4.72 Å². The van der Waals surface area contributed by atoms with Crippen molar-refractivity contribution in [3.05, 3.63) is 76.2 Å². The number of benzene rings is 2. The third kappa shape index (κ3) is 5.41. The van der Waals surface area contributed by atoms with E-state index in [1.807, 2.05) is 0 Å². The smallest absolute Gasteiger partial charge is 0.307 e. The van der Waals surface area contributed by atoms with E-state index in [1.54, 1.807) is 32.9 Å². The van der Waals surface area contributed by atoms with Crippen LogP contribution in [0.25, 0.3) is 0 Å². The first-order valence-corrected chi connectivity index (χ1v) is 16.3. The van der Waals surface area contributed by atoms with Gasteiger partial charge in [-0.05, 0) is 38.0 Å². The Balaban J connectivity index is 2.44. The number of fused-ring (bicyclic) bond motifs is 1. The fourth-order valence-corrected chi connectivity index (χ4v) is 9.14. The summed E-state index contributed by atoms with van der Waals surface area (Å²) in [5.74, 6) is -0.852. The second-order valence-corrected chi connectivity index (χ2v) is 14.4. The molecule has 1 aliphatic rings. The van der Waals surface area contributed by atoms with Gasteiger partial charge >= 0.3 is 7.60 Å². The van der Waals surface area contributed by atoms with Gasteiger partial charge < -0.3 is 9.05 Å². The molecule has 0 fully saturated rings. The highest BCUT2D eigenvalue weighted by Gasteiger charge is 2.58. The molecule has 0 saturated heterocycles. The third-order valence-corrected chi connectivity index (χ3v) is 10.5. The predicted molar refractivity (Wildman–Crippen MR) is 137 cm³/mol. The van der Waals surface area contributed by atoms with Gasteiger partial charge in [-0.25, -0.2) is 16.8 Å². The van der Waals surface area contributed by atoms with E-state index < -0.39 is 43.4 Å². The monoisotopic (exact) mass is 555 g/mol. The van der Waals surface area contributed by atoms with Crippen molar-refractivity contribution in [1.82, 2.24) is 4.72 Å². The van der Waals surface area contributed by atoms with Crippen molar-refractivity contribution in [1.29, 1.82) is 0 Å². The molecule has 9 nitrogen and oxygen atoms in total. The van der Waals surface area contributed by atoms with E-state index in [2.05, 4.69) is 4.72 Å². The molecule has 12 heteroatoms. The Morgan fingerprint density at radius 1 is 0.917 bits per heavy atom. The largest absolute Gasteiger partial charge is 0.360 e. The average Bonchev–Trinajstić information content (AvgIpc) is 2.82. The first-order valence-electron chi connectivity index (χ1n) is 11.4. The van der Waals surface area contributed by atoms with Crippen molar-refractivity contribution in [2.24, 2.45) is 0 Å². The minimum Gasteiger partial charge on any atom is -0.307 e. The molecule has 1 atom stereocenters. The number of carbonyl (C=O) groups excluding carboxylic acids is 1. The summed E-state index contributed by atoms with van der Waals surface area (Å²) < 4.78 is 80.9. The lowest BCUT2D eigenvalue weighted by Crippen LogP contribution is -2.48. The van der Waals surface area contributed by atoms with Crippen LogP contribution in [0.2, 0.25) is 0 Å². The van der Waals surface area contributed by atoms with E-state index in [0.29, 0.717) is 12.8 Å². The van der Waals surface area contributed by atoms with Gasteiger partial charge in [0.2, 0.25) is 25.6 Å². The lowest BCUT2D eigenvalue weighted by molar-refractivity contribution is 0.103. The summed E-state index contributed by atoms with van der Waals surface area (Å²) in [6, 6.07) is 11.7. The van der Waals surface area contributed by atoms with Gasteiger partial charge in [0, 0.05) is 11.1 Å². The van der Waals surface area contributed by atoms with E-state index in [-0.39, 0.29) is 29.2 Å². The SMILES string of the molecule is CCCOP(=O)(OCCC)C1(NS(C)(=O)=O)C=C(S(=O)(=O)c2ccc(C)cc2)C(=O)c2ccccc21. The van der Waals surface area contributed by atoms with Crippen LogP contribution < -0.4 is 4.72 Å². The Morgan fingerprint density at radius 3 is 2.00 bits per heavy atom. The van der Waals surface area contributed by atoms with Crippen molar-refractivity contribution in [2.75, 3.05) is 19.5 Å². The molecule has 0 bridgehead atoms. The maximum absolute atomic E-state index is 14.5. The Labute approximate surface area is 212 Å². The lowest BCUT2D eigenvalue weighted by Gasteiger charge is -2.40. The fourth-order valence-electron chi connectivity index (χ4n) is 3.84. The highest BCUT2D eigenvalue weighted by atomic mass is 32.2. The van der Waals surface area contributed by atoms with Crippen LogP contribution in [0.4, 0.5) is 0 Å². The number of nitrogens with one attached hydrogen (secondary N) is 1. The molecular formula is C24H30NO8PS2. The molecule has 36 heavy (non-hydrogen) atoms. The fraction of sp³-hybridized carbons (Fsp3) is 0.375. The Bertz CT molecular complexity index is 1420. The molecule has 0 amide bonds. The van der Waals surface area contributed by atoms with Crippen molar-refractivity contribution in [3.8, 4) is 0 Å². The predicted octanol–water partition coefficient (Wildman–Crippen LogP) is 4.30. The van der Waals surface area contributed by atoms with Crippen LogP contribution in [0.5, 0.6) is 0 Å². The van der Waals surface area contributed by atoms with Gasteiger partial charge in [0.15, 0.2) is 5.28 Å². The number of ketones is 1. The maximum atomic E-state index is 14.5. The van der Waals surface area contributed by atoms with Gasteiger partial charge in [0.25, 0.3) is 0 Å². The second-order valence-electron chi connectivity index (χ2n) is 8.50. The standard InChI is InChI=1S/C24H30NO8PS2/c1-5-15-32-34(27,33-16-6-2)24(25-35(4,28)29)17-22(23(26)20-9-7-8-10-21(20)24)36(30,31)19-13-11-18(3)12-14-19/h7-14,17,25H,5-6,15-16H2,1-4H3. The summed E-state index contributed by atoms with van der Waals surface area (Å²) in [6.45, 7) is 5.20. The Hall–Kier alpha value is -2.14. The second kappa shape index (κ2) is 10.7. The zero-order valence-electron chi connectivity index (χ0n) is 20.6. The number of sulfonamides is 1. The summed E-state index contributed by atoms with van der Waals surface area (Å²) in [4.78, 5) is 12.6. The van der Waals surface area contributed by atoms with Crippen molar-refractivity contribution in [3.63, 3.8) is 0 Å². The summed E-state index contributed by atoms with van der Waals surface area (Å²) >= 11 is 0. The van der Waals surface area contributed by atoms with Crippen molar-refractivity contribution < 1.29 is 35.2 Å². The molecule has 0 radical (unpaired) electrons. The van der Waals surface area contributed by atoms with Gasteiger partial charge in [0.05, 0.1) is 24.4 Å². The first kappa shape index (κ1) is 28.4. The van der Waals surface area contributed by atoms with E-state index >= 15 is 0 Å². The van der Waals surface area contributed by atoms with Crippen LogP contribution in [-0.4, -0.2) is 42.1 Å². The Morgan fingerprint density at radius 2 is 1.47 bits per heavy atom. The molecule has 2 aromatic carbocycles. The quantitative estimate of drug-likeness (QED) is 0.406. The van der Waals surface area contributed by atoms with E-state index in [9.17, 15) is 26.2 Å². The van der Waals surface area contributed by atoms with Gasteiger partial charge in [-0.1, -0.05) is 55.8 Å². The highest BCUT2D eigenvalue weighted by Crippen LogP contribution is 2.66. The topological polar surface area (TPSA) is 133 Å². The molecule has 1 N–H and O–H groups in total. The molecule has 2 aromatic rings. The highest BCUT2D eigenvalue weighted by molar-refractivity contribution is 7.96. The molecule has 1 aliphatic carbocycles. The normalized spacial score (nSPS) is 18.6. The van der Waals surface area contributed by atoms with Crippen LogP contribution in [-0.2, 0) is 38.8 Å². The van der Waals surface area contributed by atoms with Gasteiger partial charge in [-0.15, -0.1) is 0 Å². The Kier molecular flexibility index (Phi) is 8.44. The molecular weight excluding hydrogens is 525 g/mol.